The van der Waals surface area contributed by atoms with E-state index < -0.39 is 0 Å². The molecular weight excluding hydrogens is 296 g/mol. The van der Waals surface area contributed by atoms with E-state index in [1.807, 2.05) is 60.7 Å². The second-order valence-corrected chi connectivity index (χ2v) is 5.67. The van der Waals surface area contributed by atoms with E-state index in [4.69, 9.17) is 4.42 Å². The summed E-state index contributed by atoms with van der Waals surface area (Å²) in [6, 6.07) is 22.4. The van der Waals surface area contributed by atoms with Crippen LogP contribution in [0.3, 0.4) is 0 Å². The fraction of sp³-hybridized carbons (Fsp3) is 0.0476. The fourth-order valence-corrected chi connectivity index (χ4v) is 2.82. The van der Waals surface area contributed by atoms with Gasteiger partial charge in [-0.3, -0.25) is 0 Å². The first-order chi connectivity index (χ1) is 11.8. The van der Waals surface area contributed by atoms with Crippen LogP contribution in [0.1, 0.15) is 17.0 Å². The second kappa shape index (κ2) is 6.13. The van der Waals surface area contributed by atoms with Gasteiger partial charge in [0.05, 0.1) is 0 Å². The fourth-order valence-electron chi connectivity index (χ4n) is 2.82. The van der Waals surface area contributed by atoms with Crippen LogP contribution < -0.4 is 0 Å². The van der Waals surface area contributed by atoms with Gasteiger partial charge in [-0.05, 0) is 41.3 Å². The van der Waals surface area contributed by atoms with Gasteiger partial charge >= 0.3 is 0 Å². The normalized spacial score (nSPS) is 11.4. The van der Waals surface area contributed by atoms with Crippen molar-refractivity contribution in [3.05, 3.63) is 83.7 Å². The maximum atomic E-state index is 5.83. The van der Waals surface area contributed by atoms with Gasteiger partial charge in [0.25, 0.3) is 0 Å². The smallest absolute Gasteiger partial charge is 0.248 e. The number of hydrogen-bond acceptors (Lipinski definition) is 3. The van der Waals surface area contributed by atoms with Crippen molar-refractivity contribution in [3.63, 3.8) is 0 Å². The zero-order chi connectivity index (χ0) is 16.4. The third kappa shape index (κ3) is 2.72. The zero-order valence-corrected chi connectivity index (χ0v) is 13.3. The Morgan fingerprint density at radius 1 is 0.750 bits per heavy atom. The largest absolute Gasteiger partial charge is 0.417 e. The summed E-state index contributed by atoms with van der Waals surface area (Å²) in [6.07, 6.45) is 3.80. The molecule has 0 unspecified atom stereocenters. The molecule has 0 bridgehead atoms. The lowest BCUT2D eigenvalue weighted by molar-refractivity contribution is 0.558. The number of benzene rings is 1. The maximum absolute atomic E-state index is 5.83. The third-order valence-corrected chi connectivity index (χ3v) is 4.00. The van der Waals surface area contributed by atoms with Gasteiger partial charge in [0.15, 0.2) is 0 Å². The molecule has 0 fully saturated rings. The molecule has 116 valence electrons. The lowest BCUT2D eigenvalue weighted by Crippen LogP contribution is -1.76. The summed E-state index contributed by atoms with van der Waals surface area (Å²) in [5.41, 5.74) is 5.61. The van der Waals surface area contributed by atoms with E-state index in [1.54, 1.807) is 0 Å². The van der Waals surface area contributed by atoms with E-state index in [1.165, 1.54) is 11.1 Å². The highest BCUT2D eigenvalue weighted by atomic mass is 16.4. The van der Waals surface area contributed by atoms with Crippen molar-refractivity contribution in [2.75, 3.05) is 0 Å². The van der Waals surface area contributed by atoms with Crippen molar-refractivity contribution < 1.29 is 4.42 Å². The van der Waals surface area contributed by atoms with Crippen molar-refractivity contribution in [1.29, 1.82) is 0 Å². The summed E-state index contributed by atoms with van der Waals surface area (Å²) in [5, 5.41) is 8.35. The molecule has 0 radical (unpaired) electrons. The molecule has 3 nitrogen and oxygen atoms in total. The number of rotatable bonds is 3. The third-order valence-electron chi connectivity index (χ3n) is 4.00. The molecule has 0 saturated carbocycles. The molecule has 2 aliphatic carbocycles. The van der Waals surface area contributed by atoms with Crippen LogP contribution in [-0.2, 0) is 0 Å². The average molecular weight is 312 g/mol. The number of nitrogens with zero attached hydrogens (tertiary/aromatic N) is 2. The molecule has 0 saturated heterocycles. The van der Waals surface area contributed by atoms with Crippen molar-refractivity contribution in [3.8, 4) is 22.6 Å². The standard InChI is InChI=1S/C21H16N2O/c1-15-14-19(18-11-7-3-6-10-17(15)18)21-23-22-20(24-21)13-12-16-8-4-2-5-9-16/h2-14H,1H3/b13-12+. The van der Waals surface area contributed by atoms with Gasteiger partial charge in [-0.1, -0.05) is 60.7 Å². The summed E-state index contributed by atoms with van der Waals surface area (Å²) >= 11 is 0. The molecule has 0 spiro atoms. The minimum atomic E-state index is 0.501. The molecule has 1 aromatic carbocycles. The Morgan fingerprint density at radius 3 is 2.25 bits per heavy atom. The van der Waals surface area contributed by atoms with Crippen LogP contribution in [0.4, 0.5) is 0 Å². The first-order valence-corrected chi connectivity index (χ1v) is 7.86. The Morgan fingerprint density at radius 2 is 1.46 bits per heavy atom. The molecule has 0 N–H and O–H groups in total. The predicted molar refractivity (Wildman–Crippen MR) is 96.5 cm³/mol. The van der Waals surface area contributed by atoms with Gasteiger partial charge < -0.3 is 4.42 Å². The molecule has 0 amide bonds. The highest BCUT2D eigenvalue weighted by Crippen LogP contribution is 2.37. The Labute approximate surface area is 140 Å². The monoisotopic (exact) mass is 312 g/mol. The van der Waals surface area contributed by atoms with Crippen LogP contribution in [0.5, 0.6) is 0 Å². The van der Waals surface area contributed by atoms with Gasteiger partial charge in [0.2, 0.25) is 11.8 Å². The quantitative estimate of drug-likeness (QED) is 0.514. The lowest BCUT2D eigenvalue weighted by atomic mass is 10.1. The van der Waals surface area contributed by atoms with E-state index in [-0.39, 0.29) is 0 Å². The van der Waals surface area contributed by atoms with E-state index in [2.05, 4.69) is 35.3 Å². The number of hydrogen-bond donors (Lipinski definition) is 0. The Balaban J connectivity index is 1.68. The molecule has 0 atom stereocenters. The summed E-state index contributed by atoms with van der Waals surface area (Å²) < 4.78 is 5.83. The van der Waals surface area contributed by atoms with Crippen LogP contribution in [0.25, 0.3) is 34.7 Å². The van der Waals surface area contributed by atoms with Crippen LogP contribution in [-0.4, -0.2) is 10.2 Å². The summed E-state index contributed by atoms with van der Waals surface area (Å²) in [5.74, 6) is 1.05. The molecule has 4 rings (SSSR count). The van der Waals surface area contributed by atoms with E-state index in [0.717, 1.165) is 16.7 Å². The van der Waals surface area contributed by atoms with Gasteiger partial charge in [-0.2, -0.15) is 0 Å². The van der Waals surface area contributed by atoms with Crippen LogP contribution in [0.15, 0.2) is 71.1 Å². The van der Waals surface area contributed by atoms with Crippen molar-refractivity contribution in [2.45, 2.75) is 6.92 Å². The van der Waals surface area contributed by atoms with Crippen LogP contribution in [0.2, 0.25) is 0 Å². The highest BCUT2D eigenvalue weighted by Gasteiger charge is 2.17. The maximum Gasteiger partial charge on any atom is 0.248 e. The average Bonchev–Trinajstić information content (AvgIpc) is 3.10. The predicted octanol–water partition coefficient (Wildman–Crippen LogP) is 5.32. The van der Waals surface area contributed by atoms with Gasteiger partial charge in [-0.25, -0.2) is 0 Å². The minimum absolute atomic E-state index is 0.501. The SMILES string of the molecule is Cc1cc(-c2nnc(/C=C/c3ccccc3)o2)c2cccccc1-2. The summed E-state index contributed by atoms with van der Waals surface area (Å²) in [4.78, 5) is 0. The molecule has 24 heavy (non-hydrogen) atoms. The molecule has 0 aliphatic heterocycles. The van der Waals surface area contributed by atoms with Crippen molar-refractivity contribution >= 4 is 12.2 Å². The van der Waals surface area contributed by atoms with Crippen molar-refractivity contribution in [1.82, 2.24) is 10.2 Å². The van der Waals surface area contributed by atoms with Crippen LogP contribution >= 0.6 is 0 Å². The van der Waals surface area contributed by atoms with Crippen molar-refractivity contribution in [2.24, 2.45) is 0 Å². The molecule has 1 aromatic heterocycles. The van der Waals surface area contributed by atoms with E-state index in [0.29, 0.717) is 11.8 Å². The van der Waals surface area contributed by atoms with Crippen LogP contribution in [0, 0.1) is 6.92 Å². The second-order valence-electron chi connectivity index (χ2n) is 5.67. The Bertz CT molecular complexity index is 970. The molecular formula is C21H16N2O. The molecule has 3 heteroatoms. The van der Waals surface area contributed by atoms with E-state index in [9.17, 15) is 0 Å². The number of aryl methyl sites for hydroxylation is 1. The van der Waals surface area contributed by atoms with Gasteiger partial charge in [0.1, 0.15) is 0 Å². The topological polar surface area (TPSA) is 38.9 Å². The lowest BCUT2D eigenvalue weighted by Gasteiger charge is -1.96. The molecule has 2 aromatic rings. The highest BCUT2D eigenvalue weighted by molar-refractivity contribution is 5.86. The van der Waals surface area contributed by atoms with E-state index >= 15 is 0 Å². The number of aromatic nitrogens is 2. The first kappa shape index (κ1) is 14.4. The number of fused-ring (bicyclic) bond motifs is 1. The Kier molecular flexibility index (Phi) is 3.67. The summed E-state index contributed by atoms with van der Waals surface area (Å²) in [7, 11) is 0. The minimum Gasteiger partial charge on any atom is -0.417 e. The first-order valence-electron chi connectivity index (χ1n) is 7.86. The zero-order valence-electron chi connectivity index (χ0n) is 13.3. The van der Waals surface area contributed by atoms with Gasteiger partial charge in [-0.15, -0.1) is 10.2 Å². The summed E-state index contributed by atoms with van der Waals surface area (Å²) in [6.45, 7) is 2.10. The molecule has 1 heterocycles. The Hall–Kier alpha value is -3.20. The molecule has 2 aliphatic rings. The van der Waals surface area contributed by atoms with Gasteiger partial charge in [0, 0.05) is 11.6 Å².